The molecule has 0 bridgehead atoms. The Balaban J connectivity index is -0.000000148. The normalized spacial score (nSPS) is 15.0. The van der Waals surface area contributed by atoms with Crippen LogP contribution in [0.25, 0.3) is 0 Å². The van der Waals surface area contributed by atoms with Gasteiger partial charge in [-0.1, -0.05) is 72.7 Å². The summed E-state index contributed by atoms with van der Waals surface area (Å²) in [6, 6.07) is 7.39. The molecule has 1 atom stereocenters. The van der Waals surface area contributed by atoms with Gasteiger partial charge in [-0.25, -0.2) is 5.57 Å². The summed E-state index contributed by atoms with van der Waals surface area (Å²) >= 11 is 0. The van der Waals surface area contributed by atoms with E-state index in [1.165, 1.54) is 16.7 Å². The fourth-order valence-corrected chi connectivity index (χ4v) is 2.13. The maximum Gasteiger partial charge on any atom is 0.115 e. The van der Waals surface area contributed by atoms with Crippen molar-refractivity contribution in [3.05, 3.63) is 52.6 Å². The minimum absolute atomic E-state index is 0. The SMILES string of the molecule is CC(C)(C)c1cccc(O)c1.CC1=[C-]C(C)C(C)=C1C.C[Si]C.Cl.Cl.[Ti]. The van der Waals surface area contributed by atoms with Crippen LogP contribution in [0.1, 0.15) is 54.0 Å². The van der Waals surface area contributed by atoms with E-state index in [4.69, 9.17) is 0 Å². The van der Waals surface area contributed by atoms with Gasteiger partial charge in [0, 0.05) is 31.2 Å². The predicted octanol–water partition coefficient (Wildman–Crippen LogP) is 7.04. The van der Waals surface area contributed by atoms with Gasteiger partial charge in [0.2, 0.25) is 0 Å². The maximum absolute atomic E-state index is 9.18. The van der Waals surface area contributed by atoms with E-state index in [-0.39, 0.29) is 51.9 Å². The van der Waals surface area contributed by atoms with Gasteiger partial charge < -0.3 is 5.11 Å². The quantitative estimate of drug-likeness (QED) is 0.332. The Hall–Kier alpha value is 0.0112. The fourth-order valence-electron chi connectivity index (χ4n) is 2.13. The van der Waals surface area contributed by atoms with Crippen LogP contribution in [0.4, 0.5) is 0 Å². The third-order valence-electron chi connectivity index (χ3n) is 3.95. The van der Waals surface area contributed by atoms with Crippen LogP contribution in [-0.2, 0) is 27.1 Å². The van der Waals surface area contributed by atoms with E-state index in [0.29, 0.717) is 11.7 Å². The molecule has 0 spiro atoms. The van der Waals surface area contributed by atoms with Crippen LogP contribution in [0.2, 0.25) is 13.1 Å². The number of aromatic hydroxyl groups is 1. The molecule has 5 heteroatoms. The second kappa shape index (κ2) is 16.0. The number of phenols is 1. The number of allylic oxidation sites excluding steroid dienone is 4. The molecule has 0 aromatic heterocycles. The van der Waals surface area contributed by atoms with Gasteiger partial charge in [-0.3, -0.25) is 6.08 Å². The standard InChI is InChI=1S/C10H14O.C9H13.C2H6Si.2ClH.Ti/c1-10(2,3)8-5-4-6-9(11)7-8;1-6-5-7(2)9(4)8(6)3;1-3-2;;;/h4-7,11H,1-3H3;6H,1-4H3;1-2H3;2*1H;/q;-1;;;;. The van der Waals surface area contributed by atoms with Gasteiger partial charge in [0.05, 0.1) is 0 Å². The van der Waals surface area contributed by atoms with Crippen LogP contribution in [0.15, 0.2) is 41.0 Å². The largest absolute Gasteiger partial charge is 0.508 e. The van der Waals surface area contributed by atoms with Gasteiger partial charge in [0.1, 0.15) is 5.75 Å². The maximum atomic E-state index is 9.18. The molecule has 0 saturated carbocycles. The van der Waals surface area contributed by atoms with Crippen LogP contribution in [-0.4, -0.2) is 14.6 Å². The summed E-state index contributed by atoms with van der Waals surface area (Å²) in [5, 5.41) is 9.18. The monoisotopic (exact) mass is 449 g/mol. The summed E-state index contributed by atoms with van der Waals surface area (Å²) in [6.45, 7) is 19.4. The summed E-state index contributed by atoms with van der Waals surface area (Å²) in [5.41, 5.74) is 5.53. The third-order valence-corrected chi connectivity index (χ3v) is 3.95. The van der Waals surface area contributed by atoms with Crippen molar-refractivity contribution in [2.45, 2.75) is 67.0 Å². The van der Waals surface area contributed by atoms with Crippen molar-refractivity contribution in [3.8, 4) is 5.75 Å². The Morgan fingerprint density at radius 2 is 1.50 bits per heavy atom. The molecule has 0 heterocycles. The number of phenolic OH excluding ortho intramolecular Hbond substituents is 1. The van der Waals surface area contributed by atoms with Crippen LogP contribution in [0, 0.1) is 12.0 Å². The zero-order valence-corrected chi connectivity index (χ0v) is 21.8. The Morgan fingerprint density at radius 1 is 1.04 bits per heavy atom. The molecule has 1 nitrogen and oxygen atoms in total. The van der Waals surface area contributed by atoms with Crippen molar-refractivity contribution >= 4 is 34.3 Å². The van der Waals surface area contributed by atoms with Gasteiger partial charge >= 0.3 is 0 Å². The first-order valence-electron chi connectivity index (χ1n) is 8.20. The molecule has 1 aliphatic carbocycles. The van der Waals surface area contributed by atoms with E-state index in [1.807, 2.05) is 12.1 Å². The minimum atomic E-state index is 0. The van der Waals surface area contributed by atoms with Crippen LogP contribution in [0.3, 0.4) is 0 Å². The molecule has 1 unspecified atom stereocenters. The second-order valence-corrected chi connectivity index (χ2v) is 8.10. The number of halogens is 2. The topological polar surface area (TPSA) is 20.2 Å². The van der Waals surface area contributed by atoms with Gasteiger partial charge in [-0.15, -0.1) is 31.7 Å². The molecule has 1 aliphatic rings. The van der Waals surface area contributed by atoms with Gasteiger partial charge in [0.15, 0.2) is 0 Å². The average Bonchev–Trinajstić information content (AvgIpc) is 2.66. The molecule has 0 amide bonds. The average molecular weight is 450 g/mol. The Bertz CT molecular complexity index is 563. The summed E-state index contributed by atoms with van der Waals surface area (Å²) in [4.78, 5) is 0. The molecule has 2 rings (SSSR count). The van der Waals surface area contributed by atoms with Crippen molar-refractivity contribution in [1.29, 1.82) is 0 Å². The van der Waals surface area contributed by atoms with E-state index in [9.17, 15) is 5.11 Å². The van der Waals surface area contributed by atoms with Crippen LogP contribution >= 0.6 is 24.8 Å². The van der Waals surface area contributed by atoms with Gasteiger partial charge in [-0.05, 0) is 23.1 Å². The molecule has 148 valence electrons. The number of rotatable bonds is 0. The third kappa shape index (κ3) is 12.4. The number of hydrogen-bond donors (Lipinski definition) is 1. The molecule has 2 radical (unpaired) electrons. The van der Waals surface area contributed by atoms with Crippen LogP contribution < -0.4 is 0 Å². The first-order chi connectivity index (χ1) is 10.5. The molecular formula is C21H35Cl2OSiTi-. The summed E-state index contributed by atoms with van der Waals surface area (Å²) in [6.07, 6.45) is 3.36. The molecular weight excluding hydrogens is 415 g/mol. The van der Waals surface area contributed by atoms with E-state index in [2.05, 4.69) is 67.6 Å². The number of benzene rings is 1. The first kappa shape index (κ1) is 33.6. The molecule has 0 aliphatic heterocycles. The van der Waals surface area contributed by atoms with Crippen molar-refractivity contribution in [1.82, 2.24) is 0 Å². The fraction of sp³-hybridized carbons (Fsp3) is 0.524. The molecule has 1 aromatic carbocycles. The Labute approximate surface area is 191 Å². The second-order valence-electron chi connectivity index (χ2n) is 7.10. The van der Waals surface area contributed by atoms with Gasteiger partial charge in [-0.2, -0.15) is 11.1 Å². The zero-order valence-electron chi connectivity index (χ0n) is 17.7. The first-order valence-corrected chi connectivity index (χ1v) is 10.2. The zero-order chi connectivity index (χ0) is 18.2. The van der Waals surface area contributed by atoms with Crippen molar-refractivity contribution in [2.75, 3.05) is 0 Å². The smallest absolute Gasteiger partial charge is 0.115 e. The van der Waals surface area contributed by atoms with E-state index >= 15 is 0 Å². The minimum Gasteiger partial charge on any atom is -0.508 e. The predicted molar refractivity (Wildman–Crippen MR) is 119 cm³/mol. The number of hydrogen-bond acceptors (Lipinski definition) is 1. The summed E-state index contributed by atoms with van der Waals surface area (Å²) in [5.74, 6) is 0.905. The molecule has 26 heavy (non-hydrogen) atoms. The van der Waals surface area contributed by atoms with Gasteiger partial charge in [0.25, 0.3) is 0 Å². The molecule has 0 fully saturated rings. The summed E-state index contributed by atoms with van der Waals surface area (Å²) < 4.78 is 0. The van der Waals surface area contributed by atoms with Crippen LogP contribution in [0.5, 0.6) is 5.75 Å². The van der Waals surface area contributed by atoms with Crippen molar-refractivity contribution < 1.29 is 26.8 Å². The Morgan fingerprint density at radius 3 is 1.69 bits per heavy atom. The van der Waals surface area contributed by atoms with E-state index in [1.54, 1.807) is 12.1 Å². The van der Waals surface area contributed by atoms with Crippen molar-refractivity contribution in [3.63, 3.8) is 0 Å². The van der Waals surface area contributed by atoms with E-state index < -0.39 is 0 Å². The summed E-state index contributed by atoms with van der Waals surface area (Å²) in [7, 11) is 1.08. The molecule has 1 aromatic rings. The molecule has 0 saturated heterocycles. The molecule has 1 N–H and O–H groups in total. The Kier molecular flexibility index (Phi) is 20.7. The van der Waals surface area contributed by atoms with E-state index in [0.717, 1.165) is 15.1 Å². The van der Waals surface area contributed by atoms with Crippen molar-refractivity contribution in [2.24, 2.45) is 5.92 Å².